The number of ether oxygens (including phenoxy) is 1. The zero-order valence-electron chi connectivity index (χ0n) is 18.0. The molecule has 0 spiro atoms. The summed E-state index contributed by atoms with van der Waals surface area (Å²) in [5.74, 6) is 0.111. The lowest BCUT2D eigenvalue weighted by Gasteiger charge is -2.30. The molecule has 168 valence electrons. The molecule has 0 saturated carbocycles. The Morgan fingerprint density at radius 3 is 2.97 bits per heavy atom. The molecule has 32 heavy (non-hydrogen) atoms. The number of para-hydroxylation sites is 1. The molecule has 0 bridgehead atoms. The maximum Gasteiger partial charge on any atom is 0.340 e. The second-order valence-electron chi connectivity index (χ2n) is 7.62. The lowest BCUT2D eigenvalue weighted by atomic mass is 10.0. The van der Waals surface area contributed by atoms with E-state index in [4.69, 9.17) is 9.72 Å². The van der Waals surface area contributed by atoms with E-state index in [0.717, 1.165) is 34.4 Å². The SMILES string of the molecule is CCOC(=O)c1ccccc1NC(=O)CSc1ncnc2nc(N3CCC[C@H](C)C3)sc12. The molecular weight excluding hydrogens is 446 g/mol. The predicted molar refractivity (Wildman–Crippen MR) is 128 cm³/mol. The fourth-order valence-electron chi connectivity index (χ4n) is 3.62. The first kappa shape index (κ1) is 22.5. The Bertz CT molecular complexity index is 1120. The number of amides is 1. The second-order valence-corrected chi connectivity index (χ2v) is 9.57. The van der Waals surface area contributed by atoms with Crippen LogP contribution in [0.5, 0.6) is 0 Å². The summed E-state index contributed by atoms with van der Waals surface area (Å²) in [6.45, 7) is 6.28. The van der Waals surface area contributed by atoms with Crippen LogP contribution < -0.4 is 10.2 Å². The third-order valence-corrected chi connectivity index (χ3v) is 7.34. The van der Waals surface area contributed by atoms with Gasteiger partial charge in [0.25, 0.3) is 0 Å². The summed E-state index contributed by atoms with van der Waals surface area (Å²) in [5.41, 5.74) is 1.43. The van der Waals surface area contributed by atoms with Gasteiger partial charge < -0.3 is 15.0 Å². The molecule has 1 amide bonds. The van der Waals surface area contributed by atoms with Gasteiger partial charge in [-0.25, -0.2) is 14.8 Å². The van der Waals surface area contributed by atoms with Crippen molar-refractivity contribution in [2.24, 2.45) is 5.92 Å². The van der Waals surface area contributed by atoms with Crippen LogP contribution in [0.25, 0.3) is 10.3 Å². The molecule has 0 radical (unpaired) electrons. The zero-order chi connectivity index (χ0) is 22.5. The van der Waals surface area contributed by atoms with Crippen LogP contribution in [-0.4, -0.2) is 52.3 Å². The van der Waals surface area contributed by atoms with Crippen LogP contribution in [0.3, 0.4) is 0 Å². The third kappa shape index (κ3) is 5.18. The Hall–Kier alpha value is -2.72. The largest absolute Gasteiger partial charge is 0.462 e. The van der Waals surface area contributed by atoms with Crippen LogP contribution in [0.2, 0.25) is 0 Å². The summed E-state index contributed by atoms with van der Waals surface area (Å²) in [7, 11) is 0. The van der Waals surface area contributed by atoms with Gasteiger partial charge in [-0.3, -0.25) is 4.79 Å². The highest BCUT2D eigenvalue weighted by Gasteiger charge is 2.21. The summed E-state index contributed by atoms with van der Waals surface area (Å²) in [5, 5.41) is 4.50. The van der Waals surface area contributed by atoms with Gasteiger partial charge in [-0.15, -0.1) is 0 Å². The number of carbonyl (C=O) groups excluding carboxylic acids is 2. The number of rotatable bonds is 7. The molecule has 10 heteroatoms. The minimum absolute atomic E-state index is 0.150. The first-order valence-electron chi connectivity index (χ1n) is 10.6. The van der Waals surface area contributed by atoms with Crippen LogP contribution in [0.1, 0.15) is 37.0 Å². The van der Waals surface area contributed by atoms with Gasteiger partial charge in [-0.2, -0.15) is 4.98 Å². The van der Waals surface area contributed by atoms with E-state index in [1.807, 2.05) is 0 Å². The Morgan fingerprint density at radius 1 is 1.31 bits per heavy atom. The van der Waals surface area contributed by atoms with Crippen molar-refractivity contribution in [3.63, 3.8) is 0 Å². The fourth-order valence-corrected chi connectivity index (χ4v) is 5.55. The molecule has 1 aromatic carbocycles. The Labute approximate surface area is 194 Å². The zero-order valence-corrected chi connectivity index (χ0v) is 19.7. The van der Waals surface area contributed by atoms with Crippen molar-refractivity contribution in [2.75, 3.05) is 35.7 Å². The molecule has 1 aliphatic heterocycles. The molecule has 2 aromatic heterocycles. The Balaban J connectivity index is 1.44. The number of anilines is 2. The van der Waals surface area contributed by atoms with Crippen molar-refractivity contribution in [1.29, 1.82) is 0 Å². The molecule has 3 aromatic rings. The van der Waals surface area contributed by atoms with E-state index in [2.05, 4.69) is 27.1 Å². The van der Waals surface area contributed by atoms with Crippen molar-refractivity contribution < 1.29 is 14.3 Å². The van der Waals surface area contributed by atoms with Crippen molar-refractivity contribution in [2.45, 2.75) is 31.7 Å². The van der Waals surface area contributed by atoms with Gasteiger partial charge in [0, 0.05) is 13.1 Å². The maximum absolute atomic E-state index is 12.6. The number of piperidine rings is 1. The Morgan fingerprint density at radius 2 is 2.16 bits per heavy atom. The standard InChI is InChI=1S/C22H25N5O3S2/c1-3-30-21(29)15-8-4-5-9-16(15)25-17(28)12-31-20-18-19(23-13-24-20)26-22(32-18)27-10-6-7-14(2)11-27/h4-5,8-9,13-14H,3,6-7,10-12H2,1-2H3,(H,25,28)/t14-/m0/s1. The van der Waals surface area contributed by atoms with Crippen LogP contribution in [-0.2, 0) is 9.53 Å². The van der Waals surface area contributed by atoms with Crippen LogP contribution in [0.15, 0.2) is 35.6 Å². The molecule has 1 atom stereocenters. The highest BCUT2D eigenvalue weighted by atomic mass is 32.2. The molecule has 8 nitrogen and oxygen atoms in total. The van der Waals surface area contributed by atoms with Gasteiger partial charge in [-0.05, 0) is 37.8 Å². The minimum Gasteiger partial charge on any atom is -0.462 e. The quantitative estimate of drug-likeness (QED) is 0.311. The molecule has 1 aliphatic rings. The van der Waals surface area contributed by atoms with Gasteiger partial charge >= 0.3 is 5.97 Å². The summed E-state index contributed by atoms with van der Waals surface area (Å²) in [6, 6.07) is 6.82. The van der Waals surface area contributed by atoms with Crippen molar-refractivity contribution in [3.8, 4) is 0 Å². The normalized spacial score (nSPS) is 16.2. The highest BCUT2D eigenvalue weighted by molar-refractivity contribution is 8.00. The smallest absolute Gasteiger partial charge is 0.340 e. The van der Waals surface area contributed by atoms with E-state index in [9.17, 15) is 9.59 Å². The molecule has 3 heterocycles. The highest BCUT2D eigenvalue weighted by Crippen LogP contribution is 2.35. The Kier molecular flexibility index (Phi) is 7.21. The molecule has 1 fully saturated rings. The van der Waals surface area contributed by atoms with Crippen molar-refractivity contribution in [1.82, 2.24) is 15.0 Å². The lowest BCUT2D eigenvalue weighted by molar-refractivity contribution is -0.113. The average Bonchev–Trinajstić information content (AvgIpc) is 3.23. The first-order chi connectivity index (χ1) is 15.5. The third-order valence-electron chi connectivity index (χ3n) is 5.11. The van der Waals surface area contributed by atoms with Gasteiger partial charge in [0.2, 0.25) is 5.91 Å². The van der Waals surface area contributed by atoms with Crippen LogP contribution in [0.4, 0.5) is 10.8 Å². The van der Waals surface area contributed by atoms with Crippen molar-refractivity contribution >= 4 is 56.1 Å². The van der Waals surface area contributed by atoms with Crippen LogP contribution >= 0.6 is 23.1 Å². The first-order valence-corrected chi connectivity index (χ1v) is 12.4. The summed E-state index contributed by atoms with van der Waals surface area (Å²) >= 11 is 2.91. The predicted octanol–water partition coefficient (Wildman–Crippen LogP) is 4.23. The monoisotopic (exact) mass is 471 g/mol. The van der Waals surface area contributed by atoms with Gasteiger partial charge in [0.1, 0.15) is 16.1 Å². The van der Waals surface area contributed by atoms with E-state index in [-0.39, 0.29) is 18.3 Å². The number of nitrogens with zero attached hydrogens (tertiary/aromatic N) is 4. The van der Waals surface area contributed by atoms with Gasteiger partial charge in [0.05, 0.1) is 23.6 Å². The number of thiazole rings is 1. The summed E-state index contributed by atoms with van der Waals surface area (Å²) in [6.07, 6.45) is 3.90. The molecule has 4 rings (SSSR count). The van der Waals surface area contributed by atoms with E-state index in [0.29, 0.717) is 22.8 Å². The number of carbonyl (C=O) groups is 2. The maximum atomic E-state index is 12.6. The van der Waals surface area contributed by atoms with E-state index in [1.54, 1.807) is 42.5 Å². The number of hydrogen-bond acceptors (Lipinski definition) is 9. The van der Waals surface area contributed by atoms with E-state index in [1.165, 1.54) is 24.5 Å². The number of benzene rings is 1. The number of nitrogens with one attached hydrogen (secondary N) is 1. The number of thioether (sulfide) groups is 1. The molecule has 1 N–H and O–H groups in total. The molecule has 1 saturated heterocycles. The molecular formula is C22H25N5O3S2. The minimum atomic E-state index is -0.460. The molecule has 0 aliphatic carbocycles. The van der Waals surface area contributed by atoms with Crippen molar-refractivity contribution in [3.05, 3.63) is 36.2 Å². The summed E-state index contributed by atoms with van der Waals surface area (Å²) in [4.78, 5) is 40.4. The fraction of sp³-hybridized carbons (Fsp3) is 0.409. The number of esters is 1. The van der Waals surface area contributed by atoms with E-state index < -0.39 is 5.97 Å². The number of aromatic nitrogens is 3. The molecule has 0 unspecified atom stereocenters. The van der Waals surface area contributed by atoms with Crippen LogP contribution in [0, 0.1) is 5.92 Å². The second kappa shape index (κ2) is 10.3. The summed E-state index contributed by atoms with van der Waals surface area (Å²) < 4.78 is 5.96. The number of hydrogen-bond donors (Lipinski definition) is 1. The lowest BCUT2D eigenvalue weighted by Crippen LogP contribution is -2.34. The van der Waals surface area contributed by atoms with Gasteiger partial charge in [0.15, 0.2) is 10.8 Å². The van der Waals surface area contributed by atoms with Gasteiger partial charge in [-0.1, -0.05) is 42.2 Å². The topological polar surface area (TPSA) is 97.3 Å². The van der Waals surface area contributed by atoms with E-state index >= 15 is 0 Å². The average molecular weight is 472 g/mol. The number of fused-ring (bicyclic) bond motifs is 1.